The van der Waals surface area contributed by atoms with Crippen LogP contribution in [0.25, 0.3) is 10.9 Å². The first-order valence-corrected chi connectivity index (χ1v) is 7.07. The Morgan fingerprint density at radius 2 is 1.91 bits per heavy atom. The zero-order valence-corrected chi connectivity index (χ0v) is 12.7. The molecule has 110 valence electrons. The molecule has 22 heavy (non-hydrogen) atoms. The van der Waals surface area contributed by atoms with E-state index < -0.39 is 0 Å². The number of hydrogen-bond donors (Lipinski definition) is 2. The van der Waals surface area contributed by atoms with Crippen molar-refractivity contribution in [1.82, 2.24) is 9.97 Å². The van der Waals surface area contributed by atoms with Crippen LogP contribution in [-0.4, -0.2) is 22.2 Å². The second-order valence-electron chi connectivity index (χ2n) is 4.61. The molecule has 0 fully saturated rings. The van der Waals surface area contributed by atoms with Crippen LogP contribution in [0.5, 0.6) is 5.75 Å². The number of thiocarbonyl (C=S) groups is 1. The molecule has 2 aromatic carbocycles. The van der Waals surface area contributed by atoms with Gasteiger partial charge in [0, 0.05) is 29.0 Å². The van der Waals surface area contributed by atoms with Gasteiger partial charge in [0.05, 0.1) is 12.6 Å². The predicted octanol–water partition coefficient (Wildman–Crippen LogP) is 3.45. The molecule has 0 aliphatic carbocycles. The van der Waals surface area contributed by atoms with Crippen molar-refractivity contribution in [3.63, 3.8) is 0 Å². The summed E-state index contributed by atoms with van der Waals surface area (Å²) in [5.41, 5.74) is 2.64. The maximum Gasteiger partial charge on any atom is 0.175 e. The Hall–Kier alpha value is -2.73. The molecule has 5 nitrogen and oxygen atoms in total. The molecular formula is C16H14N4OS. The van der Waals surface area contributed by atoms with Crippen LogP contribution in [0.15, 0.2) is 55.0 Å². The molecule has 0 saturated carbocycles. The van der Waals surface area contributed by atoms with Crippen LogP contribution in [0, 0.1) is 0 Å². The molecule has 0 aliphatic rings. The summed E-state index contributed by atoms with van der Waals surface area (Å²) in [6, 6.07) is 13.4. The summed E-state index contributed by atoms with van der Waals surface area (Å²) in [7, 11) is 1.63. The predicted molar refractivity (Wildman–Crippen MR) is 92.4 cm³/mol. The molecule has 0 saturated heterocycles. The Bertz CT molecular complexity index is 822. The van der Waals surface area contributed by atoms with Crippen molar-refractivity contribution in [3.05, 3.63) is 55.0 Å². The van der Waals surface area contributed by atoms with Crippen LogP contribution in [0.2, 0.25) is 0 Å². The first kappa shape index (κ1) is 14.2. The Morgan fingerprint density at radius 1 is 1.09 bits per heavy atom. The third kappa shape index (κ3) is 3.29. The molecule has 3 aromatic rings. The first-order chi connectivity index (χ1) is 10.7. The van der Waals surface area contributed by atoms with E-state index in [9.17, 15) is 0 Å². The number of hydrogen-bond acceptors (Lipinski definition) is 4. The number of methoxy groups -OCH3 is 1. The first-order valence-electron chi connectivity index (χ1n) is 6.66. The minimum absolute atomic E-state index is 0.504. The highest BCUT2D eigenvalue weighted by Crippen LogP contribution is 2.19. The second kappa shape index (κ2) is 6.36. The average molecular weight is 310 g/mol. The zero-order valence-electron chi connectivity index (χ0n) is 11.9. The Morgan fingerprint density at radius 3 is 2.73 bits per heavy atom. The second-order valence-corrected chi connectivity index (χ2v) is 5.02. The molecule has 2 N–H and O–H groups in total. The topological polar surface area (TPSA) is 59.1 Å². The smallest absolute Gasteiger partial charge is 0.175 e. The van der Waals surface area contributed by atoms with Gasteiger partial charge in [0.25, 0.3) is 0 Å². The molecule has 3 rings (SSSR count). The van der Waals surface area contributed by atoms with Gasteiger partial charge in [-0.2, -0.15) is 0 Å². The lowest BCUT2D eigenvalue weighted by atomic mass is 10.2. The normalized spacial score (nSPS) is 10.2. The molecule has 0 atom stereocenters. The van der Waals surface area contributed by atoms with Gasteiger partial charge in [-0.25, -0.2) is 9.97 Å². The summed E-state index contributed by atoms with van der Waals surface area (Å²) in [6.45, 7) is 0. The summed E-state index contributed by atoms with van der Waals surface area (Å²) in [5, 5.41) is 7.73. The highest BCUT2D eigenvalue weighted by Gasteiger charge is 2.02. The van der Waals surface area contributed by atoms with Crippen LogP contribution in [0.4, 0.5) is 11.4 Å². The van der Waals surface area contributed by atoms with Crippen molar-refractivity contribution in [2.24, 2.45) is 0 Å². The molecule has 0 amide bonds. The van der Waals surface area contributed by atoms with E-state index in [0.29, 0.717) is 5.11 Å². The van der Waals surface area contributed by atoms with Gasteiger partial charge in [-0.15, -0.1) is 0 Å². The summed E-state index contributed by atoms with van der Waals surface area (Å²) in [4.78, 5) is 8.21. The highest BCUT2D eigenvalue weighted by atomic mass is 32.1. The Kier molecular flexibility index (Phi) is 4.11. The van der Waals surface area contributed by atoms with Gasteiger partial charge in [-0.3, -0.25) is 0 Å². The van der Waals surface area contributed by atoms with E-state index in [2.05, 4.69) is 20.6 Å². The number of benzene rings is 2. The summed E-state index contributed by atoms with van der Waals surface area (Å²) in [6.07, 6.45) is 3.30. The van der Waals surface area contributed by atoms with Crippen molar-refractivity contribution < 1.29 is 4.74 Å². The number of fused-ring (bicyclic) bond motifs is 1. The van der Waals surface area contributed by atoms with Gasteiger partial charge in [0.2, 0.25) is 0 Å². The van der Waals surface area contributed by atoms with Crippen LogP contribution in [-0.2, 0) is 0 Å². The minimum Gasteiger partial charge on any atom is -0.497 e. The lowest BCUT2D eigenvalue weighted by Gasteiger charge is -2.11. The fourth-order valence-electron chi connectivity index (χ4n) is 2.06. The highest BCUT2D eigenvalue weighted by molar-refractivity contribution is 7.80. The molecule has 6 heteroatoms. The molecule has 0 bridgehead atoms. The van der Waals surface area contributed by atoms with Crippen molar-refractivity contribution in [2.75, 3.05) is 17.7 Å². The van der Waals surface area contributed by atoms with Crippen LogP contribution in [0.3, 0.4) is 0 Å². The molecule has 0 spiro atoms. The maximum absolute atomic E-state index is 5.33. The zero-order chi connectivity index (χ0) is 15.4. The molecular weight excluding hydrogens is 296 g/mol. The van der Waals surface area contributed by atoms with Crippen molar-refractivity contribution in [1.29, 1.82) is 0 Å². The molecule has 1 aromatic heterocycles. The van der Waals surface area contributed by atoms with Crippen molar-refractivity contribution in [2.45, 2.75) is 0 Å². The Balaban J connectivity index is 1.72. The minimum atomic E-state index is 0.504. The average Bonchev–Trinajstić information content (AvgIpc) is 2.55. The number of ether oxygens (including phenoxy) is 1. The lowest BCUT2D eigenvalue weighted by molar-refractivity contribution is 0.415. The number of rotatable bonds is 3. The van der Waals surface area contributed by atoms with E-state index in [1.165, 1.54) is 6.33 Å². The fraction of sp³-hybridized carbons (Fsp3) is 0.0625. The van der Waals surface area contributed by atoms with E-state index in [1.54, 1.807) is 13.3 Å². The van der Waals surface area contributed by atoms with E-state index >= 15 is 0 Å². The van der Waals surface area contributed by atoms with Gasteiger partial charge in [-0.05, 0) is 42.5 Å². The standard InChI is InChI=1S/C16H14N4OS/c1-21-14-4-2-3-12(8-14)19-16(22)20-13-5-6-15-11(7-13)9-17-10-18-15/h2-10H,1H3,(H2,19,20,22). The van der Waals surface area contributed by atoms with E-state index in [4.69, 9.17) is 17.0 Å². The van der Waals surface area contributed by atoms with Crippen LogP contribution in [0.1, 0.15) is 0 Å². The van der Waals surface area contributed by atoms with E-state index in [0.717, 1.165) is 28.0 Å². The third-order valence-corrected chi connectivity index (χ3v) is 3.29. The maximum atomic E-state index is 5.33. The number of nitrogens with zero attached hydrogens (tertiary/aromatic N) is 2. The van der Waals surface area contributed by atoms with E-state index in [1.807, 2.05) is 42.5 Å². The number of nitrogens with one attached hydrogen (secondary N) is 2. The van der Waals surface area contributed by atoms with Crippen LogP contribution < -0.4 is 15.4 Å². The largest absolute Gasteiger partial charge is 0.497 e. The van der Waals surface area contributed by atoms with Crippen LogP contribution >= 0.6 is 12.2 Å². The van der Waals surface area contributed by atoms with Crippen molar-refractivity contribution >= 4 is 39.6 Å². The molecule has 0 radical (unpaired) electrons. The quantitative estimate of drug-likeness (QED) is 0.723. The van der Waals surface area contributed by atoms with Gasteiger partial charge >= 0.3 is 0 Å². The van der Waals surface area contributed by atoms with E-state index in [-0.39, 0.29) is 0 Å². The number of aromatic nitrogens is 2. The number of anilines is 2. The van der Waals surface area contributed by atoms with Gasteiger partial charge < -0.3 is 15.4 Å². The fourth-order valence-corrected chi connectivity index (χ4v) is 2.29. The lowest BCUT2D eigenvalue weighted by Crippen LogP contribution is -2.19. The summed E-state index contributed by atoms with van der Waals surface area (Å²) >= 11 is 5.33. The molecule has 0 unspecified atom stereocenters. The summed E-state index contributed by atoms with van der Waals surface area (Å²) < 4.78 is 5.19. The monoisotopic (exact) mass is 310 g/mol. The molecule has 1 heterocycles. The van der Waals surface area contributed by atoms with Crippen molar-refractivity contribution in [3.8, 4) is 5.75 Å². The SMILES string of the molecule is COc1cccc(NC(=S)Nc2ccc3ncncc3c2)c1. The summed E-state index contributed by atoms with van der Waals surface area (Å²) in [5.74, 6) is 0.774. The van der Waals surface area contributed by atoms with Gasteiger partial charge in [0.1, 0.15) is 12.1 Å². The van der Waals surface area contributed by atoms with Gasteiger partial charge in [-0.1, -0.05) is 6.07 Å². The molecule has 0 aliphatic heterocycles. The Labute approximate surface area is 133 Å². The third-order valence-electron chi connectivity index (χ3n) is 3.09. The van der Waals surface area contributed by atoms with Gasteiger partial charge in [0.15, 0.2) is 5.11 Å².